The highest BCUT2D eigenvalue weighted by atomic mass is 32.3. The monoisotopic (exact) mass is 1260 g/mol. The maximum absolute atomic E-state index is 14.6. The molecular formula is C55H69N9O23S. The number of carbonyl (C=O) groups is 8. The van der Waals surface area contributed by atoms with E-state index in [1.54, 1.807) is 30.3 Å². The van der Waals surface area contributed by atoms with Crippen molar-refractivity contribution in [2.24, 2.45) is 5.73 Å². The van der Waals surface area contributed by atoms with Crippen LogP contribution >= 0.6 is 0 Å². The van der Waals surface area contributed by atoms with Gasteiger partial charge in [-0.2, -0.15) is 8.42 Å². The van der Waals surface area contributed by atoms with E-state index in [2.05, 4.69) is 32.2 Å². The number of nitrogens with zero attached hydrogens (tertiary/aromatic N) is 3. The van der Waals surface area contributed by atoms with Gasteiger partial charge in [-0.25, -0.2) is 0 Å². The van der Waals surface area contributed by atoms with Crippen molar-refractivity contribution in [3.63, 3.8) is 0 Å². The second-order valence-corrected chi connectivity index (χ2v) is 22.4. The predicted molar refractivity (Wildman–Crippen MR) is 299 cm³/mol. The summed E-state index contributed by atoms with van der Waals surface area (Å²) in [6.45, 7) is 2.40. The summed E-state index contributed by atoms with van der Waals surface area (Å²) in [5.74, 6) is -11.8. The number of rotatable bonds is 18. The third-order valence-electron chi connectivity index (χ3n) is 14.8. The Kier molecular flexibility index (Phi) is 22.2. The van der Waals surface area contributed by atoms with E-state index in [0.717, 1.165) is 32.3 Å². The van der Waals surface area contributed by atoms with Gasteiger partial charge in [-0.05, 0) is 73.9 Å². The van der Waals surface area contributed by atoms with Crippen molar-refractivity contribution in [2.75, 3.05) is 19.7 Å². The van der Waals surface area contributed by atoms with E-state index in [1.807, 2.05) is 10.6 Å². The summed E-state index contributed by atoms with van der Waals surface area (Å²) >= 11 is 0. The molecule has 4 heterocycles. The number of unbranched alkanes of at least 4 members (excludes halogenated alkanes) is 2. The van der Waals surface area contributed by atoms with Crippen LogP contribution in [0.15, 0.2) is 77.3 Å². The minimum Gasteiger partial charge on any atom is -0.504 e. The van der Waals surface area contributed by atoms with Crippen LogP contribution in [0.3, 0.4) is 0 Å². The number of hydrogen-bond acceptors (Lipinski definition) is 23. The van der Waals surface area contributed by atoms with E-state index < -0.39 is 199 Å². The minimum absolute atomic E-state index is 0.106. The molecular weight excluding hydrogens is 1190 g/mol. The molecule has 88 heavy (non-hydrogen) atoms. The minimum atomic E-state index is -5.35. The van der Waals surface area contributed by atoms with Gasteiger partial charge >= 0.3 is 10.4 Å². The Labute approximate surface area is 501 Å². The Morgan fingerprint density at radius 3 is 2.08 bits per heavy atom. The van der Waals surface area contributed by atoms with Crippen molar-refractivity contribution in [1.29, 1.82) is 0 Å². The molecule has 1 aromatic heterocycles. The Bertz CT molecular complexity index is 3300. The summed E-state index contributed by atoms with van der Waals surface area (Å²) in [4.78, 5) is 114. The fraction of sp³-hybridized carbons (Fsp3) is 0.473. The smallest absolute Gasteiger partial charge is 0.446 e. The number of ether oxygens (including phenoxy) is 1. The van der Waals surface area contributed by atoms with Crippen molar-refractivity contribution in [3.05, 3.63) is 83.9 Å². The number of nitrogens with one attached hydrogen (secondary N) is 5. The fourth-order valence-electron chi connectivity index (χ4n) is 10.1. The van der Waals surface area contributed by atoms with E-state index >= 15 is 0 Å². The quantitative estimate of drug-likeness (QED) is 0.0332. The van der Waals surface area contributed by atoms with Crippen LogP contribution in [0.5, 0.6) is 17.2 Å². The van der Waals surface area contributed by atoms with Crippen molar-refractivity contribution >= 4 is 57.7 Å². The molecule has 14 unspecified atom stereocenters. The number of hydrogen-bond donors (Lipinski definition) is 16. The van der Waals surface area contributed by atoms with Crippen molar-refractivity contribution < 1.29 is 111 Å². The summed E-state index contributed by atoms with van der Waals surface area (Å²) in [7, 11) is -5.35. The third-order valence-corrected chi connectivity index (χ3v) is 15.2. The molecule has 14 atom stereocenters. The maximum Gasteiger partial charge on any atom is 0.446 e. The number of phenols is 1. The number of fused-ring (bicyclic) bond motifs is 2. The van der Waals surface area contributed by atoms with Crippen LogP contribution < -0.4 is 41.2 Å². The molecule has 0 spiro atoms. The van der Waals surface area contributed by atoms with Crippen molar-refractivity contribution in [3.8, 4) is 39.8 Å². The summed E-state index contributed by atoms with van der Waals surface area (Å²) in [6.07, 6.45) is -17.6. The zero-order chi connectivity index (χ0) is 64.5. The Morgan fingerprint density at radius 2 is 1.43 bits per heavy atom. The van der Waals surface area contributed by atoms with Crippen LogP contribution in [-0.2, 0) is 44.0 Å². The van der Waals surface area contributed by atoms with Gasteiger partial charge in [0.15, 0.2) is 23.5 Å². The number of primary amides is 1. The number of aromatic nitrogens is 1. The van der Waals surface area contributed by atoms with Crippen LogP contribution in [0.4, 0.5) is 0 Å². The number of aromatic hydroxyl groups is 1. The standard InChI is InChI=1S/C55H69N9O23S/c1-3-4-5-18-85-31-13-10-27(11-14-31)39-22-32(62-86-39)26-6-8-28(9-7-26)48(74)57-33-21-38(70)51(77)61-53(79)45-36(68)16-17-63(45)55(81)43(37(69)23-41(56)71)59-52(78)44(47(73)46(72)29-12-15-35(67)40(19-29)87-88(82,83)84)60-50(76)34-20-30(66)24-64(34)54(80)42(25(2)65)58-49(33)75/h6-15,19,22,25,30,33-34,36-38,42-47,51,65-70,72-73,77H,3-5,16-18,20-21,23-24H2,1-2H3,(H2,56,71)(H,57,74)(H,58,75)(H,59,78)(H,60,76)(H,61,79)(H,82,83,84). The van der Waals surface area contributed by atoms with E-state index in [4.69, 9.17) is 15.0 Å². The summed E-state index contributed by atoms with van der Waals surface area (Å²) in [6, 6.07) is 3.56. The molecule has 0 aliphatic carbocycles. The van der Waals surface area contributed by atoms with Gasteiger partial charge in [-0.15, -0.1) is 0 Å². The fourth-order valence-corrected chi connectivity index (χ4v) is 10.5. The van der Waals surface area contributed by atoms with Gasteiger partial charge < -0.3 is 102 Å². The van der Waals surface area contributed by atoms with Crippen LogP contribution in [0.1, 0.15) is 80.8 Å². The molecule has 0 radical (unpaired) electrons. The zero-order valence-electron chi connectivity index (χ0n) is 47.2. The van der Waals surface area contributed by atoms with Gasteiger partial charge in [0, 0.05) is 48.7 Å². The molecule has 3 fully saturated rings. The second-order valence-electron chi connectivity index (χ2n) is 21.4. The maximum atomic E-state index is 14.6. The molecule has 478 valence electrons. The first kappa shape index (κ1) is 67.1. The topological polar surface area (TPSA) is 510 Å². The van der Waals surface area contributed by atoms with Crippen LogP contribution in [0.25, 0.3) is 22.6 Å². The van der Waals surface area contributed by atoms with E-state index in [-0.39, 0.29) is 5.56 Å². The molecule has 32 nitrogen and oxygen atoms in total. The van der Waals surface area contributed by atoms with Gasteiger partial charge in [-0.3, -0.25) is 42.9 Å². The lowest BCUT2D eigenvalue weighted by molar-refractivity contribution is -0.149. The lowest BCUT2D eigenvalue weighted by Gasteiger charge is -2.34. The van der Waals surface area contributed by atoms with Crippen LogP contribution in [0, 0.1) is 0 Å². The number of phenolic OH excluding ortho intramolecular Hbond substituents is 1. The molecule has 17 N–H and O–H groups in total. The highest BCUT2D eigenvalue weighted by molar-refractivity contribution is 7.81. The molecule has 7 rings (SSSR count). The van der Waals surface area contributed by atoms with E-state index in [9.17, 15) is 97.3 Å². The SMILES string of the molecule is CCCCCOc1ccc(-c2cc(-c3ccc(C(=O)NC4CC(O)C(O)NC(=O)C5C(O)CCN5C(=O)C(C(O)CC(N)=O)NC(=O)C(C(O)C(O)c5ccc(O)c(OS(=O)(=O)O)c5)NC(=O)C5CC(O)CN5C(=O)C(C(C)O)NC4=O)cc3)no2)cc1. The van der Waals surface area contributed by atoms with E-state index in [0.29, 0.717) is 56.9 Å². The Morgan fingerprint density at radius 1 is 0.784 bits per heavy atom. The predicted octanol–water partition coefficient (Wildman–Crippen LogP) is -4.15. The first-order valence-electron chi connectivity index (χ1n) is 27.7. The largest absolute Gasteiger partial charge is 0.504 e. The lowest BCUT2D eigenvalue weighted by atomic mass is 9.96. The highest BCUT2D eigenvalue weighted by Crippen LogP contribution is 2.33. The summed E-state index contributed by atoms with van der Waals surface area (Å²) in [5, 5.41) is 116. The third kappa shape index (κ3) is 16.6. The normalized spacial score (nSPS) is 25.8. The molecule has 3 aliphatic heterocycles. The average Bonchev–Trinajstić information content (AvgIpc) is 2.67. The van der Waals surface area contributed by atoms with E-state index in [1.165, 1.54) is 24.3 Å². The second kappa shape index (κ2) is 29.1. The molecule has 0 bridgehead atoms. The van der Waals surface area contributed by atoms with Gasteiger partial charge in [0.25, 0.3) is 5.91 Å². The number of aliphatic hydroxyl groups is 8. The number of amides is 8. The molecule has 3 aliphatic rings. The molecule has 3 aromatic carbocycles. The number of benzene rings is 3. The summed E-state index contributed by atoms with van der Waals surface area (Å²) < 4.78 is 48.0. The van der Waals surface area contributed by atoms with Crippen LogP contribution in [0.2, 0.25) is 0 Å². The summed E-state index contributed by atoms with van der Waals surface area (Å²) in [5.41, 5.74) is 6.15. The van der Waals surface area contributed by atoms with Crippen LogP contribution in [-0.4, -0.2) is 220 Å². The molecule has 0 saturated carbocycles. The Balaban J connectivity index is 1.21. The Hall–Kier alpha value is -8.38. The van der Waals surface area contributed by atoms with Crippen molar-refractivity contribution in [1.82, 2.24) is 41.5 Å². The molecule has 33 heteroatoms. The molecule has 3 saturated heterocycles. The number of carbonyl (C=O) groups excluding carboxylic acids is 8. The van der Waals surface area contributed by atoms with Crippen molar-refractivity contribution in [2.45, 2.75) is 144 Å². The molecule has 4 aromatic rings. The van der Waals surface area contributed by atoms with Gasteiger partial charge in [-0.1, -0.05) is 43.1 Å². The first-order chi connectivity index (χ1) is 41.5. The average molecular weight is 1260 g/mol. The first-order valence-corrected chi connectivity index (χ1v) is 29.1. The van der Waals surface area contributed by atoms with Gasteiger partial charge in [0.05, 0.1) is 37.4 Å². The number of aliphatic hydroxyl groups excluding tert-OH is 8. The van der Waals surface area contributed by atoms with Gasteiger partial charge in [0.1, 0.15) is 66.0 Å². The highest BCUT2D eigenvalue weighted by Gasteiger charge is 2.49. The number of nitrogens with two attached hydrogens (primary N) is 1. The van der Waals surface area contributed by atoms with Gasteiger partial charge in [0.2, 0.25) is 41.4 Å². The zero-order valence-corrected chi connectivity index (χ0v) is 48.0. The molecule has 8 amide bonds. The lowest BCUT2D eigenvalue weighted by Crippen LogP contribution is -2.64.